The molecule has 0 N–H and O–H groups in total. The summed E-state index contributed by atoms with van der Waals surface area (Å²) < 4.78 is 0. The zero-order valence-electron chi connectivity index (χ0n) is 17.4. The molecule has 1 aliphatic rings. The number of rotatable bonds is 6. The summed E-state index contributed by atoms with van der Waals surface area (Å²) in [6.07, 6.45) is 10.3. The summed E-state index contributed by atoms with van der Waals surface area (Å²) in [7, 11) is 2.02. The van der Waals surface area contributed by atoms with Crippen LogP contribution in [0.3, 0.4) is 0 Å². The third-order valence-electron chi connectivity index (χ3n) is 5.46. The van der Waals surface area contributed by atoms with Crippen LogP contribution in [0.2, 0.25) is 0 Å². The van der Waals surface area contributed by atoms with Crippen molar-refractivity contribution in [1.29, 1.82) is 0 Å². The van der Waals surface area contributed by atoms with E-state index in [9.17, 15) is 0 Å². The first kappa shape index (κ1) is 19.9. The molecule has 2 aromatic rings. The molecule has 2 heteroatoms. The van der Waals surface area contributed by atoms with Crippen LogP contribution in [0.1, 0.15) is 31.4 Å². The van der Waals surface area contributed by atoms with Crippen LogP contribution in [0, 0.1) is 12.8 Å². The SMILES string of the molecule is C=C1C=CC=C/C1=N/N(C)c1cc(-c2ccccc2)cc(CC(C)CC)c1C. The molecule has 2 nitrogen and oxygen atoms in total. The lowest BCUT2D eigenvalue weighted by Crippen LogP contribution is -2.16. The molecule has 0 aromatic heterocycles. The number of allylic oxidation sites excluding steroid dienone is 5. The Hall–Kier alpha value is -2.87. The Kier molecular flexibility index (Phi) is 6.30. The summed E-state index contributed by atoms with van der Waals surface area (Å²) in [5.41, 5.74) is 8.15. The molecule has 28 heavy (non-hydrogen) atoms. The Bertz CT molecular complexity index is 932. The fourth-order valence-corrected chi connectivity index (χ4v) is 3.45. The van der Waals surface area contributed by atoms with Gasteiger partial charge >= 0.3 is 0 Å². The van der Waals surface area contributed by atoms with Gasteiger partial charge in [-0.25, -0.2) is 0 Å². The van der Waals surface area contributed by atoms with Gasteiger partial charge in [-0.2, -0.15) is 5.10 Å². The van der Waals surface area contributed by atoms with Crippen molar-refractivity contribution in [3.8, 4) is 11.1 Å². The molecule has 0 amide bonds. The normalized spacial score (nSPS) is 15.9. The van der Waals surface area contributed by atoms with Gasteiger partial charge in [0.2, 0.25) is 0 Å². The summed E-state index contributed by atoms with van der Waals surface area (Å²) >= 11 is 0. The molecular formula is C26H30N2. The van der Waals surface area contributed by atoms with Gasteiger partial charge in [0.25, 0.3) is 0 Å². The molecule has 3 rings (SSSR count). The summed E-state index contributed by atoms with van der Waals surface area (Å²) in [6.45, 7) is 10.9. The zero-order valence-corrected chi connectivity index (χ0v) is 17.4. The molecule has 0 fully saturated rings. The minimum atomic E-state index is 0.653. The van der Waals surface area contributed by atoms with Crippen molar-refractivity contribution in [2.24, 2.45) is 11.0 Å². The molecule has 0 radical (unpaired) electrons. The lowest BCUT2D eigenvalue weighted by molar-refractivity contribution is 0.559. The van der Waals surface area contributed by atoms with Crippen LogP contribution < -0.4 is 5.01 Å². The molecular weight excluding hydrogens is 340 g/mol. The molecule has 0 heterocycles. The molecule has 0 saturated carbocycles. The van der Waals surface area contributed by atoms with Gasteiger partial charge in [0, 0.05) is 7.05 Å². The molecule has 0 spiro atoms. The van der Waals surface area contributed by atoms with Gasteiger partial charge in [-0.15, -0.1) is 0 Å². The van der Waals surface area contributed by atoms with E-state index in [0.29, 0.717) is 5.92 Å². The topological polar surface area (TPSA) is 15.6 Å². The maximum absolute atomic E-state index is 4.84. The van der Waals surface area contributed by atoms with E-state index in [0.717, 1.165) is 23.4 Å². The lowest BCUT2D eigenvalue weighted by Gasteiger charge is -2.23. The van der Waals surface area contributed by atoms with Gasteiger partial charge in [-0.3, -0.25) is 5.01 Å². The summed E-state index contributed by atoms with van der Waals surface area (Å²) in [5, 5.41) is 6.83. The van der Waals surface area contributed by atoms with Gasteiger partial charge in [-0.05, 0) is 59.2 Å². The van der Waals surface area contributed by atoms with Gasteiger partial charge in [-0.1, -0.05) is 81.5 Å². The average molecular weight is 371 g/mol. The molecule has 0 aliphatic heterocycles. The third-order valence-corrected chi connectivity index (χ3v) is 5.46. The Morgan fingerprint density at radius 2 is 1.75 bits per heavy atom. The number of nitrogens with zero attached hydrogens (tertiary/aromatic N) is 2. The molecule has 1 aliphatic carbocycles. The molecule has 1 unspecified atom stereocenters. The fourth-order valence-electron chi connectivity index (χ4n) is 3.45. The number of hydrogen-bond donors (Lipinski definition) is 0. The summed E-state index contributed by atoms with van der Waals surface area (Å²) in [6, 6.07) is 15.2. The quantitative estimate of drug-likeness (QED) is 0.515. The van der Waals surface area contributed by atoms with Crippen molar-refractivity contribution >= 4 is 11.4 Å². The van der Waals surface area contributed by atoms with Crippen molar-refractivity contribution in [2.45, 2.75) is 33.6 Å². The highest BCUT2D eigenvalue weighted by Gasteiger charge is 2.14. The van der Waals surface area contributed by atoms with Crippen molar-refractivity contribution in [3.63, 3.8) is 0 Å². The van der Waals surface area contributed by atoms with Crippen LogP contribution in [0.4, 0.5) is 5.69 Å². The van der Waals surface area contributed by atoms with Gasteiger partial charge in [0.05, 0.1) is 11.4 Å². The van der Waals surface area contributed by atoms with Crippen LogP contribution >= 0.6 is 0 Å². The van der Waals surface area contributed by atoms with E-state index >= 15 is 0 Å². The monoisotopic (exact) mass is 370 g/mol. The minimum Gasteiger partial charge on any atom is -0.268 e. The highest BCUT2D eigenvalue weighted by atomic mass is 15.4. The highest BCUT2D eigenvalue weighted by Crippen LogP contribution is 2.32. The smallest absolute Gasteiger partial charge is 0.0902 e. The van der Waals surface area contributed by atoms with Gasteiger partial charge in [0.15, 0.2) is 0 Å². The zero-order chi connectivity index (χ0) is 20.1. The van der Waals surface area contributed by atoms with E-state index < -0.39 is 0 Å². The Morgan fingerprint density at radius 1 is 1.04 bits per heavy atom. The van der Waals surface area contributed by atoms with E-state index in [4.69, 9.17) is 5.10 Å². The number of hydrazone groups is 1. The molecule has 144 valence electrons. The first-order valence-electron chi connectivity index (χ1n) is 10.0. The molecule has 2 aromatic carbocycles. The predicted molar refractivity (Wildman–Crippen MR) is 123 cm³/mol. The van der Waals surface area contributed by atoms with E-state index in [-0.39, 0.29) is 0 Å². The maximum atomic E-state index is 4.84. The van der Waals surface area contributed by atoms with Crippen LogP contribution in [0.15, 0.2) is 84.0 Å². The van der Waals surface area contributed by atoms with E-state index in [2.05, 4.69) is 69.8 Å². The van der Waals surface area contributed by atoms with Crippen molar-refractivity contribution in [3.05, 3.63) is 90.0 Å². The van der Waals surface area contributed by atoms with Gasteiger partial charge < -0.3 is 0 Å². The first-order valence-corrected chi connectivity index (χ1v) is 10.0. The predicted octanol–water partition coefficient (Wildman–Crippen LogP) is 6.73. The summed E-state index contributed by atoms with van der Waals surface area (Å²) in [4.78, 5) is 0. The number of anilines is 1. The Morgan fingerprint density at radius 3 is 2.43 bits per heavy atom. The number of benzene rings is 2. The van der Waals surface area contributed by atoms with Crippen molar-refractivity contribution in [2.75, 3.05) is 12.1 Å². The second-order valence-corrected chi connectivity index (χ2v) is 7.62. The highest BCUT2D eigenvalue weighted by molar-refractivity contribution is 6.11. The third kappa shape index (κ3) is 4.51. The molecule has 0 bridgehead atoms. The minimum absolute atomic E-state index is 0.653. The van der Waals surface area contributed by atoms with Crippen LogP contribution in [-0.4, -0.2) is 12.8 Å². The van der Waals surface area contributed by atoms with E-state index in [1.54, 1.807) is 0 Å². The van der Waals surface area contributed by atoms with Crippen LogP contribution in [0.25, 0.3) is 11.1 Å². The lowest BCUT2D eigenvalue weighted by atomic mass is 9.91. The van der Waals surface area contributed by atoms with Crippen LogP contribution in [0.5, 0.6) is 0 Å². The summed E-state index contributed by atoms with van der Waals surface area (Å²) in [5.74, 6) is 0.653. The van der Waals surface area contributed by atoms with Crippen molar-refractivity contribution in [1.82, 2.24) is 0 Å². The second-order valence-electron chi connectivity index (χ2n) is 7.62. The van der Waals surface area contributed by atoms with Crippen molar-refractivity contribution < 1.29 is 0 Å². The Labute approximate surface area is 169 Å². The fraction of sp³-hybridized carbons (Fsp3) is 0.269. The maximum Gasteiger partial charge on any atom is 0.0902 e. The standard InChI is InChI=1S/C26H30N2/c1-6-19(2)16-23-17-24(22-13-8-7-9-14-22)18-26(21(23)4)28(5)27-25-15-11-10-12-20(25)3/h7-15,17-19H,3,6,16H2,1-2,4-5H3/b27-25-. The second kappa shape index (κ2) is 8.88. The van der Waals surface area contributed by atoms with E-state index in [1.165, 1.54) is 28.7 Å². The average Bonchev–Trinajstić information content (AvgIpc) is 2.71. The number of hydrogen-bond acceptors (Lipinski definition) is 2. The van der Waals surface area contributed by atoms with Crippen LogP contribution in [-0.2, 0) is 6.42 Å². The van der Waals surface area contributed by atoms with E-state index in [1.807, 2.05) is 36.4 Å². The van der Waals surface area contributed by atoms with Gasteiger partial charge in [0.1, 0.15) is 0 Å². The molecule has 1 atom stereocenters. The largest absolute Gasteiger partial charge is 0.268 e. The first-order chi connectivity index (χ1) is 13.5. The Balaban J connectivity index is 2.07. The molecule has 0 saturated heterocycles.